The lowest BCUT2D eigenvalue weighted by Gasteiger charge is -2.27. The molecule has 0 aromatic heterocycles. The first-order valence-electron chi connectivity index (χ1n) is 4.67. The van der Waals surface area contributed by atoms with Gasteiger partial charge in [0.1, 0.15) is 6.04 Å². The number of rotatable bonds is 4. The van der Waals surface area contributed by atoms with Crippen LogP contribution in [-0.4, -0.2) is 41.8 Å². The number of nitrogens with one attached hydrogen (secondary N) is 1. The summed E-state index contributed by atoms with van der Waals surface area (Å²) in [5, 5.41) is 10.6. The molecule has 1 heterocycles. The lowest BCUT2D eigenvalue weighted by Crippen LogP contribution is -2.49. The number of carbonyl (C=O) groups is 1. The molecule has 13 heavy (non-hydrogen) atoms. The van der Waals surface area contributed by atoms with Crippen molar-refractivity contribution >= 4 is 5.97 Å². The summed E-state index contributed by atoms with van der Waals surface area (Å²) in [5.41, 5.74) is 8.38. The number of hydrogen-bond acceptors (Lipinski definition) is 4. The van der Waals surface area contributed by atoms with Crippen molar-refractivity contribution in [1.82, 2.24) is 10.4 Å². The van der Waals surface area contributed by atoms with Gasteiger partial charge >= 0.3 is 5.97 Å². The van der Waals surface area contributed by atoms with Crippen molar-refractivity contribution in [2.24, 2.45) is 5.73 Å². The summed E-state index contributed by atoms with van der Waals surface area (Å²) < 4.78 is 0. The molecule has 1 fully saturated rings. The average Bonchev–Trinajstić information content (AvgIpc) is 2.15. The molecule has 1 aliphatic heterocycles. The molecule has 5 heteroatoms. The summed E-state index contributed by atoms with van der Waals surface area (Å²) in [6.45, 7) is 2.30. The van der Waals surface area contributed by atoms with Crippen LogP contribution in [0.4, 0.5) is 0 Å². The van der Waals surface area contributed by atoms with E-state index in [1.54, 1.807) is 0 Å². The Balaban J connectivity index is 2.13. The third-order valence-electron chi connectivity index (χ3n) is 2.21. The maximum Gasteiger partial charge on any atom is 0.321 e. The zero-order chi connectivity index (χ0) is 9.68. The van der Waals surface area contributed by atoms with Crippen LogP contribution >= 0.6 is 0 Å². The standard InChI is InChI=1S/C8H17N3O2/c9-7(8(12)13)6-10-11-4-2-1-3-5-11/h7,10H,1-6,9H2,(H,12,13). The normalized spacial score (nSPS) is 21.3. The summed E-state index contributed by atoms with van der Waals surface area (Å²) in [6.07, 6.45) is 3.62. The average molecular weight is 187 g/mol. The first-order valence-corrected chi connectivity index (χ1v) is 4.67. The van der Waals surface area contributed by atoms with E-state index in [4.69, 9.17) is 10.8 Å². The Morgan fingerprint density at radius 3 is 2.62 bits per heavy atom. The van der Waals surface area contributed by atoms with Gasteiger partial charge in [0.15, 0.2) is 0 Å². The van der Waals surface area contributed by atoms with E-state index in [-0.39, 0.29) is 0 Å². The van der Waals surface area contributed by atoms with E-state index in [1.807, 2.05) is 5.01 Å². The topological polar surface area (TPSA) is 78.6 Å². The highest BCUT2D eigenvalue weighted by Crippen LogP contribution is 2.05. The van der Waals surface area contributed by atoms with E-state index in [0.717, 1.165) is 13.1 Å². The van der Waals surface area contributed by atoms with E-state index in [2.05, 4.69) is 5.43 Å². The van der Waals surface area contributed by atoms with Gasteiger partial charge in [0.05, 0.1) is 0 Å². The predicted molar refractivity (Wildman–Crippen MR) is 49.0 cm³/mol. The highest BCUT2D eigenvalue weighted by Gasteiger charge is 2.14. The highest BCUT2D eigenvalue weighted by molar-refractivity contribution is 5.73. The van der Waals surface area contributed by atoms with Gasteiger partial charge in [-0.2, -0.15) is 0 Å². The first-order chi connectivity index (χ1) is 6.20. The van der Waals surface area contributed by atoms with E-state index in [9.17, 15) is 4.79 Å². The molecule has 1 rings (SSSR count). The summed E-state index contributed by atoms with van der Waals surface area (Å²) in [4.78, 5) is 10.4. The van der Waals surface area contributed by atoms with Crippen LogP contribution in [0, 0.1) is 0 Å². The number of piperidine rings is 1. The summed E-state index contributed by atoms with van der Waals surface area (Å²) >= 11 is 0. The molecule has 0 aliphatic carbocycles. The van der Waals surface area contributed by atoms with Crippen LogP contribution < -0.4 is 11.2 Å². The molecule has 1 unspecified atom stereocenters. The molecular formula is C8H17N3O2. The largest absolute Gasteiger partial charge is 0.480 e. The second-order valence-corrected chi connectivity index (χ2v) is 3.35. The Bertz CT molecular complexity index is 169. The van der Waals surface area contributed by atoms with Crippen molar-refractivity contribution in [1.29, 1.82) is 0 Å². The molecular weight excluding hydrogens is 170 g/mol. The number of nitrogens with two attached hydrogens (primary N) is 1. The zero-order valence-electron chi connectivity index (χ0n) is 7.70. The van der Waals surface area contributed by atoms with Gasteiger partial charge in [-0.3, -0.25) is 10.2 Å². The molecule has 1 saturated heterocycles. The summed E-state index contributed by atoms with van der Waals surface area (Å²) in [7, 11) is 0. The first kappa shape index (κ1) is 10.4. The fourth-order valence-corrected chi connectivity index (χ4v) is 1.37. The van der Waals surface area contributed by atoms with Crippen molar-refractivity contribution in [3.05, 3.63) is 0 Å². The number of hydrogen-bond donors (Lipinski definition) is 3. The van der Waals surface area contributed by atoms with Gasteiger partial charge in [-0.1, -0.05) is 6.42 Å². The molecule has 0 spiro atoms. The maximum absolute atomic E-state index is 10.4. The van der Waals surface area contributed by atoms with Crippen LogP contribution in [0.5, 0.6) is 0 Å². The smallest absolute Gasteiger partial charge is 0.321 e. The van der Waals surface area contributed by atoms with Gasteiger partial charge in [0.25, 0.3) is 0 Å². The molecule has 0 aromatic carbocycles. The van der Waals surface area contributed by atoms with Gasteiger partial charge in [0.2, 0.25) is 0 Å². The van der Waals surface area contributed by atoms with E-state index >= 15 is 0 Å². The van der Waals surface area contributed by atoms with Crippen molar-refractivity contribution < 1.29 is 9.90 Å². The second kappa shape index (κ2) is 5.16. The molecule has 5 nitrogen and oxygen atoms in total. The van der Waals surface area contributed by atoms with Crippen LogP contribution in [0.25, 0.3) is 0 Å². The molecule has 1 atom stereocenters. The minimum atomic E-state index is -0.954. The van der Waals surface area contributed by atoms with Crippen LogP contribution in [0.2, 0.25) is 0 Å². The SMILES string of the molecule is NC(CNN1CCCCC1)C(=O)O. The Morgan fingerprint density at radius 2 is 2.08 bits per heavy atom. The number of hydrazine groups is 1. The van der Waals surface area contributed by atoms with E-state index in [0.29, 0.717) is 6.54 Å². The minimum Gasteiger partial charge on any atom is -0.480 e. The van der Waals surface area contributed by atoms with Crippen molar-refractivity contribution in [3.63, 3.8) is 0 Å². The Kier molecular flexibility index (Phi) is 4.14. The quantitative estimate of drug-likeness (QED) is 0.547. The zero-order valence-corrected chi connectivity index (χ0v) is 7.70. The summed E-state index contributed by atoms with van der Waals surface area (Å²) in [5.74, 6) is -0.954. The Hall–Kier alpha value is -0.650. The van der Waals surface area contributed by atoms with Gasteiger partial charge in [0, 0.05) is 19.6 Å². The van der Waals surface area contributed by atoms with Crippen molar-refractivity contribution in [3.8, 4) is 0 Å². The van der Waals surface area contributed by atoms with Crippen LogP contribution in [0.15, 0.2) is 0 Å². The fraction of sp³-hybridized carbons (Fsp3) is 0.875. The maximum atomic E-state index is 10.4. The van der Waals surface area contributed by atoms with Gasteiger partial charge in [-0.25, -0.2) is 5.01 Å². The predicted octanol–water partition coefficient (Wildman–Crippen LogP) is -0.611. The third kappa shape index (κ3) is 3.71. The Labute approximate surface area is 77.9 Å². The molecule has 4 N–H and O–H groups in total. The van der Waals surface area contributed by atoms with Crippen LogP contribution in [-0.2, 0) is 4.79 Å². The van der Waals surface area contributed by atoms with E-state index in [1.165, 1.54) is 19.3 Å². The van der Waals surface area contributed by atoms with Crippen molar-refractivity contribution in [2.45, 2.75) is 25.3 Å². The molecule has 0 aromatic rings. The third-order valence-corrected chi connectivity index (χ3v) is 2.21. The highest BCUT2D eigenvalue weighted by atomic mass is 16.4. The van der Waals surface area contributed by atoms with Crippen molar-refractivity contribution in [2.75, 3.05) is 19.6 Å². The van der Waals surface area contributed by atoms with Gasteiger partial charge in [-0.15, -0.1) is 0 Å². The number of carboxylic acids is 1. The number of aliphatic carboxylic acids is 1. The monoisotopic (exact) mass is 187 g/mol. The van der Waals surface area contributed by atoms with E-state index < -0.39 is 12.0 Å². The molecule has 0 amide bonds. The number of nitrogens with zero attached hydrogens (tertiary/aromatic N) is 1. The lowest BCUT2D eigenvalue weighted by atomic mass is 10.2. The minimum absolute atomic E-state index is 0.315. The Morgan fingerprint density at radius 1 is 1.46 bits per heavy atom. The van der Waals surface area contributed by atoms with Crippen LogP contribution in [0.1, 0.15) is 19.3 Å². The molecule has 0 saturated carbocycles. The molecule has 76 valence electrons. The van der Waals surface area contributed by atoms with Crippen LogP contribution in [0.3, 0.4) is 0 Å². The molecule has 0 bridgehead atoms. The number of carboxylic acid groups (broad SMARTS) is 1. The molecule has 0 radical (unpaired) electrons. The second-order valence-electron chi connectivity index (χ2n) is 3.35. The fourth-order valence-electron chi connectivity index (χ4n) is 1.37. The molecule has 1 aliphatic rings. The summed E-state index contributed by atoms with van der Waals surface area (Å²) in [6, 6.07) is -0.804. The van der Waals surface area contributed by atoms with Gasteiger partial charge in [-0.05, 0) is 12.8 Å². The van der Waals surface area contributed by atoms with Gasteiger partial charge < -0.3 is 10.8 Å². The lowest BCUT2D eigenvalue weighted by molar-refractivity contribution is -0.138.